The molecule has 0 radical (unpaired) electrons. The van der Waals surface area contributed by atoms with E-state index in [2.05, 4.69) is 22.0 Å². The quantitative estimate of drug-likeness (QED) is 0.587. The van der Waals surface area contributed by atoms with Crippen molar-refractivity contribution < 1.29 is 13.2 Å². The SMILES string of the molecule is FC(F)(F)c1ccc(Br)c(-c2cccc3c2CCCC3)c1. The van der Waals surface area contributed by atoms with E-state index in [9.17, 15) is 13.2 Å². The molecule has 21 heavy (non-hydrogen) atoms. The Bertz CT molecular complexity index is 674. The van der Waals surface area contributed by atoms with Gasteiger partial charge in [-0.25, -0.2) is 0 Å². The van der Waals surface area contributed by atoms with Crippen molar-refractivity contribution in [2.24, 2.45) is 0 Å². The van der Waals surface area contributed by atoms with E-state index in [0.29, 0.717) is 10.0 Å². The van der Waals surface area contributed by atoms with E-state index in [0.717, 1.165) is 37.3 Å². The minimum atomic E-state index is -4.32. The van der Waals surface area contributed by atoms with Gasteiger partial charge in [0.2, 0.25) is 0 Å². The molecule has 0 amide bonds. The fourth-order valence-corrected chi connectivity index (χ4v) is 3.40. The van der Waals surface area contributed by atoms with Gasteiger partial charge in [0.15, 0.2) is 0 Å². The van der Waals surface area contributed by atoms with E-state index >= 15 is 0 Å². The Kier molecular flexibility index (Phi) is 3.82. The number of halogens is 4. The normalized spacial score (nSPS) is 14.9. The Morgan fingerprint density at radius 1 is 0.905 bits per heavy atom. The maximum absolute atomic E-state index is 12.9. The average Bonchev–Trinajstić information content (AvgIpc) is 2.46. The van der Waals surface area contributed by atoms with E-state index in [4.69, 9.17) is 0 Å². The lowest BCUT2D eigenvalue weighted by molar-refractivity contribution is -0.137. The van der Waals surface area contributed by atoms with Crippen molar-refractivity contribution in [3.8, 4) is 11.1 Å². The minimum Gasteiger partial charge on any atom is -0.166 e. The van der Waals surface area contributed by atoms with Gasteiger partial charge < -0.3 is 0 Å². The van der Waals surface area contributed by atoms with Gasteiger partial charge >= 0.3 is 6.18 Å². The molecule has 0 nitrogen and oxygen atoms in total. The van der Waals surface area contributed by atoms with Crippen molar-refractivity contribution in [2.75, 3.05) is 0 Å². The number of hydrogen-bond donors (Lipinski definition) is 0. The zero-order valence-corrected chi connectivity index (χ0v) is 12.9. The van der Waals surface area contributed by atoms with E-state index in [1.54, 1.807) is 0 Å². The first-order valence-corrected chi connectivity index (χ1v) is 7.74. The Labute approximate surface area is 130 Å². The molecular weight excluding hydrogens is 341 g/mol. The van der Waals surface area contributed by atoms with E-state index in [-0.39, 0.29) is 0 Å². The molecule has 0 unspecified atom stereocenters. The topological polar surface area (TPSA) is 0 Å². The summed E-state index contributed by atoms with van der Waals surface area (Å²) in [6, 6.07) is 9.79. The van der Waals surface area contributed by atoms with Crippen LogP contribution in [0.25, 0.3) is 11.1 Å². The van der Waals surface area contributed by atoms with Crippen LogP contribution >= 0.6 is 15.9 Å². The zero-order valence-electron chi connectivity index (χ0n) is 11.3. The predicted molar refractivity (Wildman–Crippen MR) is 81.2 cm³/mol. The molecule has 1 aliphatic rings. The number of rotatable bonds is 1. The third kappa shape index (κ3) is 2.86. The Morgan fingerprint density at radius 3 is 2.43 bits per heavy atom. The van der Waals surface area contributed by atoms with Gasteiger partial charge in [0, 0.05) is 4.47 Å². The lowest BCUT2D eigenvalue weighted by atomic mass is 9.85. The van der Waals surface area contributed by atoms with E-state index < -0.39 is 11.7 Å². The molecule has 0 saturated heterocycles. The van der Waals surface area contributed by atoms with Gasteiger partial charge in [-0.2, -0.15) is 13.2 Å². The molecule has 1 aliphatic carbocycles. The summed E-state index contributed by atoms with van der Waals surface area (Å²) in [6.07, 6.45) is -0.112. The smallest absolute Gasteiger partial charge is 0.166 e. The van der Waals surface area contributed by atoms with E-state index in [1.807, 2.05) is 12.1 Å². The first-order chi connectivity index (χ1) is 9.97. The molecule has 0 heterocycles. The third-order valence-electron chi connectivity index (χ3n) is 3.98. The zero-order chi connectivity index (χ0) is 15.0. The van der Waals surface area contributed by atoms with Gasteiger partial charge in [0.25, 0.3) is 0 Å². The van der Waals surface area contributed by atoms with Crippen LogP contribution in [0.4, 0.5) is 13.2 Å². The summed E-state index contributed by atoms with van der Waals surface area (Å²) >= 11 is 3.39. The first kappa shape index (κ1) is 14.6. The van der Waals surface area contributed by atoms with Crippen LogP contribution in [0.2, 0.25) is 0 Å². The van der Waals surface area contributed by atoms with Crippen LogP contribution < -0.4 is 0 Å². The average molecular weight is 355 g/mol. The number of benzene rings is 2. The second-order valence-electron chi connectivity index (χ2n) is 5.34. The lowest BCUT2D eigenvalue weighted by Crippen LogP contribution is -2.07. The largest absolute Gasteiger partial charge is 0.416 e. The van der Waals surface area contributed by atoms with Crippen LogP contribution in [-0.4, -0.2) is 0 Å². The van der Waals surface area contributed by atoms with Crippen LogP contribution in [0.15, 0.2) is 40.9 Å². The molecule has 0 fully saturated rings. The Hall–Kier alpha value is -1.29. The molecule has 110 valence electrons. The summed E-state index contributed by atoms with van der Waals surface area (Å²) in [4.78, 5) is 0. The van der Waals surface area contributed by atoms with Gasteiger partial charge in [0.1, 0.15) is 0 Å². The summed E-state index contributed by atoms with van der Waals surface area (Å²) in [7, 11) is 0. The van der Waals surface area contributed by atoms with Crippen molar-refractivity contribution in [3.63, 3.8) is 0 Å². The van der Waals surface area contributed by atoms with Crippen molar-refractivity contribution >= 4 is 15.9 Å². The van der Waals surface area contributed by atoms with Crippen molar-refractivity contribution in [1.82, 2.24) is 0 Å². The Morgan fingerprint density at radius 2 is 1.67 bits per heavy atom. The molecule has 0 spiro atoms. The molecule has 0 bridgehead atoms. The molecule has 2 aromatic carbocycles. The van der Waals surface area contributed by atoms with Gasteiger partial charge in [-0.15, -0.1) is 0 Å². The number of alkyl halides is 3. The van der Waals surface area contributed by atoms with Crippen molar-refractivity contribution in [2.45, 2.75) is 31.9 Å². The molecule has 0 saturated carbocycles. The van der Waals surface area contributed by atoms with Crippen molar-refractivity contribution in [1.29, 1.82) is 0 Å². The summed E-state index contributed by atoms with van der Waals surface area (Å²) in [5.74, 6) is 0. The number of hydrogen-bond acceptors (Lipinski definition) is 0. The summed E-state index contributed by atoms with van der Waals surface area (Å²) in [5, 5.41) is 0. The third-order valence-corrected chi connectivity index (χ3v) is 4.67. The number of aryl methyl sites for hydroxylation is 1. The molecule has 2 aromatic rings. The highest BCUT2D eigenvalue weighted by Gasteiger charge is 2.31. The van der Waals surface area contributed by atoms with Crippen LogP contribution in [0, 0.1) is 0 Å². The molecule has 0 atom stereocenters. The fraction of sp³-hybridized carbons (Fsp3) is 0.294. The molecule has 4 heteroatoms. The molecule has 3 rings (SSSR count). The maximum atomic E-state index is 12.9. The highest BCUT2D eigenvalue weighted by atomic mass is 79.9. The lowest BCUT2D eigenvalue weighted by Gasteiger charge is -2.20. The highest BCUT2D eigenvalue weighted by Crippen LogP contribution is 2.39. The van der Waals surface area contributed by atoms with Crippen molar-refractivity contribution in [3.05, 3.63) is 57.6 Å². The Balaban J connectivity index is 2.17. The fourth-order valence-electron chi connectivity index (χ4n) is 2.94. The highest BCUT2D eigenvalue weighted by molar-refractivity contribution is 9.10. The van der Waals surface area contributed by atoms with Crippen LogP contribution in [0.5, 0.6) is 0 Å². The number of fused-ring (bicyclic) bond motifs is 1. The maximum Gasteiger partial charge on any atom is 0.416 e. The second kappa shape index (κ2) is 5.48. The van der Waals surface area contributed by atoms with Crippen LogP contribution in [-0.2, 0) is 19.0 Å². The van der Waals surface area contributed by atoms with Crippen LogP contribution in [0.1, 0.15) is 29.5 Å². The summed E-state index contributed by atoms with van der Waals surface area (Å²) in [5.41, 5.74) is 3.41. The first-order valence-electron chi connectivity index (χ1n) is 6.95. The predicted octanol–water partition coefficient (Wildman–Crippen LogP) is 6.01. The monoisotopic (exact) mass is 354 g/mol. The van der Waals surface area contributed by atoms with E-state index in [1.165, 1.54) is 23.3 Å². The van der Waals surface area contributed by atoms with Gasteiger partial charge in [-0.05, 0) is 66.1 Å². The van der Waals surface area contributed by atoms with Gasteiger partial charge in [-0.1, -0.05) is 34.1 Å². The van der Waals surface area contributed by atoms with Gasteiger partial charge in [0.05, 0.1) is 5.56 Å². The van der Waals surface area contributed by atoms with Crippen LogP contribution in [0.3, 0.4) is 0 Å². The van der Waals surface area contributed by atoms with Gasteiger partial charge in [-0.3, -0.25) is 0 Å². The molecule has 0 N–H and O–H groups in total. The molecular formula is C17H14BrF3. The standard InChI is InChI=1S/C17H14BrF3/c18-16-9-8-12(17(19,20)21)10-15(16)14-7-3-5-11-4-1-2-6-13(11)14/h3,5,7-10H,1-2,4,6H2. The summed E-state index contributed by atoms with van der Waals surface area (Å²) < 4.78 is 39.5. The second-order valence-corrected chi connectivity index (χ2v) is 6.20. The molecule has 0 aromatic heterocycles. The molecule has 0 aliphatic heterocycles. The summed E-state index contributed by atoms with van der Waals surface area (Å²) in [6.45, 7) is 0. The minimum absolute atomic E-state index is 0.603.